The average molecular weight is 309 g/mol. The molecule has 0 amide bonds. The number of anilines is 1. The zero-order valence-corrected chi connectivity index (χ0v) is 13.4. The minimum absolute atomic E-state index is 0.407. The zero-order valence-electron chi connectivity index (χ0n) is 13.4. The molecular weight excluding hydrogens is 290 g/mol. The Morgan fingerprint density at radius 1 is 1.17 bits per heavy atom. The molecule has 5 nitrogen and oxygen atoms in total. The summed E-state index contributed by atoms with van der Waals surface area (Å²) in [5, 5.41) is 0.892. The molecule has 2 aromatic heterocycles. The Morgan fingerprint density at radius 3 is 2.52 bits per heavy atom. The van der Waals surface area contributed by atoms with Gasteiger partial charge in [-0.15, -0.1) is 0 Å². The van der Waals surface area contributed by atoms with Crippen LogP contribution in [0, 0.1) is 0 Å². The highest BCUT2D eigenvalue weighted by molar-refractivity contribution is 6.00. The molecule has 0 aliphatic heterocycles. The molecule has 3 rings (SSSR count). The van der Waals surface area contributed by atoms with E-state index in [0.29, 0.717) is 5.69 Å². The minimum atomic E-state index is -0.554. The molecule has 0 atom stereocenters. The number of benzene rings is 1. The van der Waals surface area contributed by atoms with Crippen LogP contribution in [-0.2, 0) is 4.74 Å². The van der Waals surface area contributed by atoms with Crippen molar-refractivity contribution in [3.63, 3.8) is 0 Å². The van der Waals surface area contributed by atoms with E-state index < -0.39 is 11.7 Å². The van der Waals surface area contributed by atoms with Gasteiger partial charge in [-0.25, -0.2) is 4.79 Å². The summed E-state index contributed by atoms with van der Waals surface area (Å²) in [5.41, 5.74) is 8.54. The van der Waals surface area contributed by atoms with Gasteiger partial charge in [0.15, 0.2) is 0 Å². The van der Waals surface area contributed by atoms with Crippen molar-refractivity contribution in [1.82, 2.24) is 9.55 Å². The summed E-state index contributed by atoms with van der Waals surface area (Å²) in [6.07, 6.45) is 4.79. The quantitative estimate of drug-likeness (QED) is 0.688. The number of pyridine rings is 1. The highest BCUT2D eigenvalue weighted by atomic mass is 16.6. The van der Waals surface area contributed by atoms with Gasteiger partial charge in [-0.2, -0.15) is 0 Å². The fourth-order valence-corrected chi connectivity index (χ4v) is 2.43. The van der Waals surface area contributed by atoms with Gasteiger partial charge >= 0.3 is 6.09 Å². The Hall–Kier alpha value is -2.82. The minimum Gasteiger partial charge on any atom is -0.443 e. The van der Waals surface area contributed by atoms with Gasteiger partial charge in [0.25, 0.3) is 0 Å². The van der Waals surface area contributed by atoms with Crippen LogP contribution in [0.4, 0.5) is 10.5 Å². The smallest absolute Gasteiger partial charge is 0.419 e. The van der Waals surface area contributed by atoms with E-state index in [-0.39, 0.29) is 0 Å². The fraction of sp³-hybridized carbons (Fsp3) is 0.222. The van der Waals surface area contributed by atoms with E-state index >= 15 is 0 Å². The Labute approximate surface area is 134 Å². The lowest BCUT2D eigenvalue weighted by Gasteiger charge is -2.19. The first-order valence-electron chi connectivity index (χ1n) is 7.39. The zero-order chi connectivity index (χ0) is 16.6. The van der Waals surface area contributed by atoms with Crippen molar-refractivity contribution in [3.05, 3.63) is 48.9 Å². The normalized spacial score (nSPS) is 11.6. The van der Waals surface area contributed by atoms with Crippen molar-refractivity contribution >= 4 is 22.7 Å². The highest BCUT2D eigenvalue weighted by Gasteiger charge is 2.21. The van der Waals surface area contributed by atoms with Crippen molar-refractivity contribution in [3.8, 4) is 11.1 Å². The van der Waals surface area contributed by atoms with Crippen molar-refractivity contribution in [1.29, 1.82) is 0 Å². The molecule has 0 unspecified atom stereocenters. The van der Waals surface area contributed by atoms with Gasteiger partial charge in [0, 0.05) is 35.2 Å². The molecule has 5 heteroatoms. The molecule has 0 fully saturated rings. The number of hydrogen-bond donors (Lipinski definition) is 1. The van der Waals surface area contributed by atoms with E-state index in [9.17, 15) is 4.79 Å². The molecule has 118 valence electrons. The van der Waals surface area contributed by atoms with Crippen LogP contribution in [0.15, 0.2) is 48.9 Å². The summed E-state index contributed by atoms with van der Waals surface area (Å²) in [6.45, 7) is 5.54. The number of carbonyl (C=O) groups excluding carboxylic acids is 1. The third kappa shape index (κ3) is 3.04. The van der Waals surface area contributed by atoms with Crippen LogP contribution in [0.1, 0.15) is 20.8 Å². The van der Waals surface area contributed by atoms with E-state index in [4.69, 9.17) is 10.5 Å². The third-order valence-electron chi connectivity index (χ3n) is 3.42. The second-order valence-electron chi connectivity index (χ2n) is 6.41. The van der Waals surface area contributed by atoms with Crippen LogP contribution in [0.3, 0.4) is 0 Å². The molecule has 2 N–H and O–H groups in total. The van der Waals surface area contributed by atoms with Crippen molar-refractivity contribution in [2.45, 2.75) is 26.4 Å². The molecule has 0 aliphatic carbocycles. The molecule has 1 aromatic carbocycles. The monoisotopic (exact) mass is 309 g/mol. The predicted octanol–water partition coefficient (Wildman–Crippen LogP) is 4.07. The molecule has 0 aliphatic rings. The van der Waals surface area contributed by atoms with Gasteiger partial charge < -0.3 is 10.5 Å². The van der Waals surface area contributed by atoms with Crippen molar-refractivity contribution < 1.29 is 9.53 Å². The molecular formula is C18H19N3O2. The topological polar surface area (TPSA) is 70.1 Å². The summed E-state index contributed by atoms with van der Waals surface area (Å²) < 4.78 is 7.01. The lowest BCUT2D eigenvalue weighted by atomic mass is 10.1. The van der Waals surface area contributed by atoms with Crippen LogP contribution in [0.5, 0.6) is 0 Å². The molecule has 0 bridgehead atoms. The predicted molar refractivity (Wildman–Crippen MR) is 91.2 cm³/mol. The Bertz CT molecular complexity index is 858. The largest absolute Gasteiger partial charge is 0.443 e. The van der Waals surface area contributed by atoms with Crippen molar-refractivity contribution in [2.24, 2.45) is 0 Å². The van der Waals surface area contributed by atoms with Crippen LogP contribution in [-0.4, -0.2) is 21.2 Å². The summed E-state index contributed by atoms with van der Waals surface area (Å²) in [4.78, 5) is 16.6. The van der Waals surface area contributed by atoms with Gasteiger partial charge in [0.1, 0.15) is 5.60 Å². The highest BCUT2D eigenvalue weighted by Crippen LogP contribution is 2.31. The van der Waals surface area contributed by atoms with Crippen LogP contribution in [0.2, 0.25) is 0 Å². The lowest BCUT2D eigenvalue weighted by molar-refractivity contribution is 0.0544. The van der Waals surface area contributed by atoms with Gasteiger partial charge in [-0.05, 0) is 44.5 Å². The second-order valence-corrected chi connectivity index (χ2v) is 6.41. The van der Waals surface area contributed by atoms with E-state index in [1.54, 1.807) is 24.7 Å². The van der Waals surface area contributed by atoms with Crippen LogP contribution >= 0.6 is 0 Å². The maximum absolute atomic E-state index is 12.5. The summed E-state index contributed by atoms with van der Waals surface area (Å²) in [6, 6.07) is 9.33. The summed E-state index contributed by atoms with van der Waals surface area (Å²) >= 11 is 0. The van der Waals surface area contributed by atoms with Crippen molar-refractivity contribution in [2.75, 3.05) is 5.73 Å². The summed E-state index contributed by atoms with van der Waals surface area (Å²) in [7, 11) is 0. The SMILES string of the molecule is CC(C)(C)OC(=O)n1cc(-c2ccc(N)cc2)c2cnccc21. The number of carbonyl (C=O) groups is 1. The van der Waals surface area contributed by atoms with Gasteiger partial charge in [-0.3, -0.25) is 9.55 Å². The second kappa shape index (κ2) is 5.43. The molecule has 0 radical (unpaired) electrons. The number of ether oxygens (including phenoxy) is 1. The van der Waals surface area contributed by atoms with E-state index in [1.807, 2.05) is 45.0 Å². The van der Waals surface area contributed by atoms with Crippen LogP contribution in [0.25, 0.3) is 22.0 Å². The number of hydrogen-bond acceptors (Lipinski definition) is 4. The fourth-order valence-electron chi connectivity index (χ4n) is 2.43. The lowest BCUT2D eigenvalue weighted by Crippen LogP contribution is -2.26. The molecule has 23 heavy (non-hydrogen) atoms. The maximum atomic E-state index is 12.5. The molecule has 3 aromatic rings. The first-order valence-corrected chi connectivity index (χ1v) is 7.39. The average Bonchev–Trinajstić information content (AvgIpc) is 2.86. The molecule has 0 saturated heterocycles. The Morgan fingerprint density at radius 2 is 1.87 bits per heavy atom. The first-order chi connectivity index (χ1) is 10.8. The number of nitrogens with zero attached hydrogens (tertiary/aromatic N) is 2. The first kappa shape index (κ1) is 15.1. The third-order valence-corrected chi connectivity index (χ3v) is 3.42. The van der Waals surface area contributed by atoms with Crippen LogP contribution < -0.4 is 5.73 Å². The standard InChI is InChI=1S/C18H19N3O2/c1-18(2,3)23-17(22)21-11-15(12-4-6-13(19)7-5-12)14-10-20-9-8-16(14)21/h4-11H,19H2,1-3H3. The molecule has 2 heterocycles. The number of aromatic nitrogens is 2. The van der Waals surface area contributed by atoms with Gasteiger partial charge in [-0.1, -0.05) is 12.1 Å². The molecule has 0 saturated carbocycles. The number of rotatable bonds is 1. The number of nitrogens with two attached hydrogens (primary N) is 1. The molecule has 0 spiro atoms. The Kier molecular flexibility index (Phi) is 3.56. The number of nitrogen functional groups attached to an aromatic ring is 1. The van der Waals surface area contributed by atoms with E-state index in [0.717, 1.165) is 22.0 Å². The van der Waals surface area contributed by atoms with Gasteiger partial charge in [0.05, 0.1) is 5.52 Å². The van der Waals surface area contributed by atoms with E-state index in [2.05, 4.69) is 4.98 Å². The summed E-state index contributed by atoms with van der Waals surface area (Å²) in [5.74, 6) is 0. The Balaban J connectivity index is 2.14. The maximum Gasteiger partial charge on any atom is 0.419 e. The number of fused-ring (bicyclic) bond motifs is 1. The van der Waals surface area contributed by atoms with Gasteiger partial charge in [0.2, 0.25) is 0 Å². The van der Waals surface area contributed by atoms with E-state index in [1.165, 1.54) is 4.57 Å².